The standard InChI is InChI=1S/C35H38ClN3O6/c1-5-44-33-17-13-26(36)19-30(33)25-12-16-32(39(21-25)45-43-4)29-11-6-8-22(2)34(40)38-31-20-27(37-35(41)42-3)14-15-28(31)23-9-7-10-24(29)18-23/h7,9-10,12-22,29,32H,5-6,8,11H2,1-4H3,(H,37,41)(H,38,40). The Morgan fingerprint density at radius 2 is 1.91 bits per heavy atom. The molecule has 0 aliphatic carbocycles. The van der Waals surface area contributed by atoms with Gasteiger partial charge >= 0.3 is 6.09 Å². The highest BCUT2D eigenvalue weighted by molar-refractivity contribution is 6.30. The summed E-state index contributed by atoms with van der Waals surface area (Å²) in [4.78, 5) is 36.1. The molecule has 0 spiro atoms. The van der Waals surface area contributed by atoms with Gasteiger partial charge in [-0.1, -0.05) is 67.4 Å². The van der Waals surface area contributed by atoms with Crippen molar-refractivity contribution in [3.63, 3.8) is 0 Å². The molecule has 2 bridgehead atoms. The summed E-state index contributed by atoms with van der Waals surface area (Å²) in [6.07, 6.45) is 7.81. The predicted octanol–water partition coefficient (Wildman–Crippen LogP) is 8.20. The zero-order chi connectivity index (χ0) is 31.9. The molecule has 3 unspecified atom stereocenters. The Morgan fingerprint density at radius 3 is 2.69 bits per heavy atom. The van der Waals surface area contributed by atoms with Crippen molar-refractivity contribution in [3.05, 3.63) is 95.2 Å². The lowest BCUT2D eigenvalue weighted by molar-refractivity contribution is -0.404. The molecule has 2 aliphatic rings. The number of methoxy groups -OCH3 is 1. The van der Waals surface area contributed by atoms with E-state index in [2.05, 4.69) is 34.9 Å². The van der Waals surface area contributed by atoms with E-state index in [1.165, 1.54) is 14.2 Å². The zero-order valence-electron chi connectivity index (χ0n) is 25.8. The van der Waals surface area contributed by atoms with Crippen LogP contribution in [0, 0.1) is 5.92 Å². The van der Waals surface area contributed by atoms with Gasteiger partial charge in [-0.25, -0.2) is 14.7 Å². The summed E-state index contributed by atoms with van der Waals surface area (Å²) in [6.45, 7) is 4.40. The fraction of sp³-hybridized carbons (Fsp3) is 0.314. The van der Waals surface area contributed by atoms with Gasteiger partial charge in [-0.3, -0.25) is 10.1 Å². The molecule has 0 saturated heterocycles. The molecule has 2 N–H and O–H groups in total. The van der Waals surface area contributed by atoms with Crippen LogP contribution in [0.5, 0.6) is 5.75 Å². The van der Waals surface area contributed by atoms with Gasteiger partial charge in [-0.15, -0.1) is 4.99 Å². The van der Waals surface area contributed by atoms with Gasteiger partial charge in [0.05, 0.1) is 32.6 Å². The average Bonchev–Trinajstić information content (AvgIpc) is 3.04. The highest BCUT2D eigenvalue weighted by atomic mass is 35.5. The highest BCUT2D eigenvalue weighted by Crippen LogP contribution is 2.40. The molecule has 2 amide bonds. The summed E-state index contributed by atoms with van der Waals surface area (Å²) in [5.41, 5.74) is 5.72. The smallest absolute Gasteiger partial charge is 0.411 e. The van der Waals surface area contributed by atoms with Crippen LogP contribution >= 0.6 is 11.6 Å². The topological polar surface area (TPSA) is 98.4 Å². The van der Waals surface area contributed by atoms with Crippen molar-refractivity contribution in [3.8, 4) is 16.9 Å². The van der Waals surface area contributed by atoms with Gasteiger partial charge in [0.1, 0.15) is 5.75 Å². The molecule has 3 aromatic rings. The van der Waals surface area contributed by atoms with E-state index in [1.807, 2.05) is 56.4 Å². The number of hydroxylamine groups is 2. The van der Waals surface area contributed by atoms with Crippen molar-refractivity contribution in [2.24, 2.45) is 5.92 Å². The van der Waals surface area contributed by atoms with Crippen LogP contribution in [-0.2, 0) is 19.4 Å². The molecule has 9 nitrogen and oxygen atoms in total. The fourth-order valence-electron chi connectivity index (χ4n) is 5.84. The Hall–Kier alpha value is -4.31. The average molecular weight is 632 g/mol. The number of amides is 2. The highest BCUT2D eigenvalue weighted by Gasteiger charge is 2.31. The Morgan fingerprint density at radius 1 is 1.07 bits per heavy atom. The van der Waals surface area contributed by atoms with Crippen molar-refractivity contribution in [1.82, 2.24) is 5.06 Å². The number of fused-ring (bicyclic) bond motifs is 4. The van der Waals surface area contributed by atoms with Crippen molar-refractivity contribution in [2.75, 3.05) is 31.5 Å². The first-order chi connectivity index (χ1) is 21.8. The first kappa shape index (κ1) is 32.1. The van der Waals surface area contributed by atoms with E-state index in [0.29, 0.717) is 29.4 Å². The number of carbonyl (C=O) groups is 2. The Bertz CT molecular complexity index is 1610. The summed E-state index contributed by atoms with van der Waals surface area (Å²) in [6, 6.07) is 19.1. The van der Waals surface area contributed by atoms with E-state index >= 15 is 0 Å². The number of ether oxygens (including phenoxy) is 2. The third kappa shape index (κ3) is 7.50. The molecule has 2 heterocycles. The molecule has 0 fully saturated rings. The van der Waals surface area contributed by atoms with Crippen LogP contribution in [0.15, 0.2) is 79.0 Å². The van der Waals surface area contributed by atoms with Gasteiger partial charge < -0.3 is 14.8 Å². The number of halogens is 1. The molecule has 0 saturated carbocycles. The largest absolute Gasteiger partial charge is 0.493 e. The summed E-state index contributed by atoms with van der Waals surface area (Å²) in [7, 11) is 2.79. The van der Waals surface area contributed by atoms with Gasteiger partial charge in [-0.05, 0) is 61.2 Å². The summed E-state index contributed by atoms with van der Waals surface area (Å²) >= 11 is 6.38. The molecule has 3 atom stereocenters. The molecule has 5 rings (SSSR count). The number of nitrogens with one attached hydrogen (secondary N) is 2. The van der Waals surface area contributed by atoms with Crippen LogP contribution in [0.1, 0.15) is 50.2 Å². The SMILES string of the molecule is CCOc1ccc(Cl)cc1C1=CN(OOC)C(C2CCCC(C)C(=O)Nc3cc(NC(=O)OC)ccc3-c3cccc2c3)C=C1. The lowest BCUT2D eigenvalue weighted by Crippen LogP contribution is -2.36. The minimum Gasteiger partial charge on any atom is -0.493 e. The lowest BCUT2D eigenvalue weighted by atomic mass is 9.82. The maximum Gasteiger partial charge on any atom is 0.411 e. The number of nitrogens with zero attached hydrogens (tertiary/aromatic N) is 1. The first-order valence-corrected chi connectivity index (χ1v) is 15.4. The number of hydrogen-bond donors (Lipinski definition) is 2. The molecular weight excluding hydrogens is 594 g/mol. The number of anilines is 2. The lowest BCUT2D eigenvalue weighted by Gasteiger charge is -2.35. The molecule has 2 aliphatic heterocycles. The van der Waals surface area contributed by atoms with Crippen molar-refractivity contribution >= 4 is 40.5 Å². The van der Waals surface area contributed by atoms with Crippen LogP contribution in [0.2, 0.25) is 5.02 Å². The molecule has 10 heteroatoms. The van der Waals surface area contributed by atoms with E-state index in [4.69, 9.17) is 31.0 Å². The number of allylic oxidation sites excluding steroid dienone is 2. The van der Waals surface area contributed by atoms with Crippen LogP contribution in [0.4, 0.5) is 16.2 Å². The molecule has 45 heavy (non-hydrogen) atoms. The van der Waals surface area contributed by atoms with Crippen molar-refractivity contribution in [1.29, 1.82) is 0 Å². The second-order valence-electron chi connectivity index (χ2n) is 11.0. The second kappa shape index (κ2) is 14.6. The van der Waals surface area contributed by atoms with Gasteiger partial charge in [0.2, 0.25) is 5.91 Å². The summed E-state index contributed by atoms with van der Waals surface area (Å²) in [5, 5.41) is 8.11. The minimum atomic E-state index is -0.585. The van der Waals surface area contributed by atoms with Crippen LogP contribution in [0.3, 0.4) is 0 Å². The quantitative estimate of drug-likeness (QED) is 0.200. The zero-order valence-corrected chi connectivity index (χ0v) is 26.6. The minimum absolute atomic E-state index is 0.00160. The van der Waals surface area contributed by atoms with E-state index in [1.54, 1.807) is 17.2 Å². The van der Waals surface area contributed by atoms with Gasteiger partial charge in [0, 0.05) is 45.4 Å². The van der Waals surface area contributed by atoms with Gasteiger partial charge in [-0.2, -0.15) is 0 Å². The third-order valence-electron chi connectivity index (χ3n) is 8.09. The number of benzene rings is 3. The Labute approximate surface area is 268 Å². The normalized spacial score (nSPS) is 19.8. The number of carbonyl (C=O) groups excluding carboxylic acids is 2. The predicted molar refractivity (Wildman–Crippen MR) is 176 cm³/mol. The maximum atomic E-state index is 13.3. The van der Waals surface area contributed by atoms with Gasteiger partial charge in [0.15, 0.2) is 0 Å². The van der Waals surface area contributed by atoms with Crippen LogP contribution in [-0.4, -0.2) is 43.9 Å². The van der Waals surface area contributed by atoms with Crippen LogP contribution in [0.25, 0.3) is 16.7 Å². The molecule has 3 aromatic carbocycles. The van der Waals surface area contributed by atoms with Crippen molar-refractivity contribution in [2.45, 2.75) is 45.1 Å². The molecule has 0 radical (unpaired) electrons. The van der Waals surface area contributed by atoms with E-state index in [0.717, 1.165) is 46.4 Å². The second-order valence-corrected chi connectivity index (χ2v) is 11.5. The van der Waals surface area contributed by atoms with Gasteiger partial charge in [0.25, 0.3) is 0 Å². The molecule has 236 valence electrons. The summed E-state index contributed by atoms with van der Waals surface area (Å²) in [5.74, 6) is 0.412. The summed E-state index contributed by atoms with van der Waals surface area (Å²) < 4.78 is 10.6. The van der Waals surface area contributed by atoms with E-state index < -0.39 is 6.09 Å². The third-order valence-corrected chi connectivity index (χ3v) is 8.33. The monoisotopic (exact) mass is 631 g/mol. The van der Waals surface area contributed by atoms with E-state index in [9.17, 15) is 9.59 Å². The fourth-order valence-corrected chi connectivity index (χ4v) is 6.01. The Kier molecular flexibility index (Phi) is 10.4. The number of hydrogen-bond acceptors (Lipinski definition) is 7. The van der Waals surface area contributed by atoms with Crippen LogP contribution < -0.4 is 15.4 Å². The molecule has 0 aromatic heterocycles. The Balaban J connectivity index is 1.54. The van der Waals surface area contributed by atoms with Crippen molar-refractivity contribution < 1.29 is 28.9 Å². The maximum absolute atomic E-state index is 13.3. The molecular formula is C35H38ClN3O6. The first-order valence-electron chi connectivity index (χ1n) is 15.0. The number of rotatable bonds is 7. The van der Waals surface area contributed by atoms with E-state index in [-0.39, 0.29) is 23.8 Å².